The highest BCUT2D eigenvalue weighted by molar-refractivity contribution is 6.01. The number of aliphatic hydroxyl groups is 3. The highest BCUT2D eigenvalue weighted by Crippen LogP contribution is 2.33. The number of hydrogen-bond donors (Lipinski definition) is 15. The van der Waals surface area contributed by atoms with E-state index in [1.807, 2.05) is 0 Å². The molecule has 33 nitrogen and oxygen atoms in total. The van der Waals surface area contributed by atoms with Crippen molar-refractivity contribution in [3.05, 3.63) is 176 Å². The SMILES string of the molecule is CCC(C)C1C(=O)O[C@H](C)[C@H](NC(=O)c2ncccc2O)C(=O)N[C@@H](Cc2c(F)c(F)c(F)c(F)c2F)[C@@H](O)[C@@H](C)C(=O)N1C.CCC(C)C1NC(=O)[C@H](C)[C@H](O)[C@H](Cc2c(F)c(F)c(F)c(F)c2F)NC(=O)[C@@H](NC(=O)c2ncccc2O)[C@@H](C)NC1=O.CCC(C)C1OC(=O)[C@H](C)[C@H](O)[C@H](Cc2c(F)c(F)c(F)c(F)c2F)NC(=O)[C@@H](NC(=O)c2ncccc2O)[C@@H](C)NC1=O. The molecule has 3 fully saturated rings. The number of rotatable bonds is 18. The van der Waals surface area contributed by atoms with Crippen LogP contribution in [0.3, 0.4) is 0 Å². The van der Waals surface area contributed by atoms with Crippen LogP contribution in [-0.4, -0.2) is 219 Å². The number of benzene rings is 3. The molecule has 10 amide bonds. The summed E-state index contributed by atoms with van der Waals surface area (Å²) in [4.78, 5) is 171. The molecule has 726 valence electrons. The minimum Gasteiger partial charge on any atom is -0.505 e. The molecule has 3 aliphatic rings. The van der Waals surface area contributed by atoms with Crippen molar-refractivity contribution in [2.24, 2.45) is 35.5 Å². The van der Waals surface area contributed by atoms with E-state index in [1.165, 1.54) is 78.5 Å². The summed E-state index contributed by atoms with van der Waals surface area (Å²) < 4.78 is 224. The molecule has 48 heteroatoms. The van der Waals surface area contributed by atoms with Crippen LogP contribution in [0, 0.1) is 123 Å². The fourth-order valence-corrected chi connectivity index (χ4v) is 14.2. The maximum Gasteiger partial charge on any atom is 0.329 e. The van der Waals surface area contributed by atoms with E-state index in [0.717, 1.165) is 30.0 Å². The van der Waals surface area contributed by atoms with Crippen molar-refractivity contribution in [1.29, 1.82) is 0 Å². The van der Waals surface area contributed by atoms with Crippen LogP contribution in [0.5, 0.6) is 17.2 Å². The standard InChI is InChI=1S/C29H33F5N4O7.C28H32F5N5O6.C28H31F5N4O7/c1-6-11(2)24-29(44)45-13(4)22(37-27(42)23-16(39)8-7-9-35-23)26(41)36-15(25(40)12(3)28(43)38(24)5)10-14-17(30)19(32)21(34)20(33)18(14)31;1-5-10(2)21-26(42)35-12(4)22(38-28(44)23-15(39)7-6-8-34-23)27(43)36-14(24(40)11(3)25(41)37-21)9-13-16(29)18(31)20(33)19(32)17(13)30;1-5-10(2)24-27(42)35-12(4)21(37-26(41)22-15(38)7-6-8-34-22)25(40)36-14(23(39)11(3)28(43)44-24)9-13-16(29)18(31)20(33)19(32)17(13)30/h7-9,11-13,15,22,24-25,39-40H,6,10H2,1-5H3,(H,36,41)(H,37,42);6-8,10-12,14,21-22,24,39-40H,5,9H2,1-4H3,(H,35,42)(H,36,43)(H,37,41)(H,38,44);6-8,10-12,14,21,23-24,38-39H,5,9H2,1-4H3,(H,35,42)(H,36,40)(H,37,41)/t11?,12-,13-,15+,22+,24?,25+;10?,11-,12-,14+,21?,22+,24+;10?,11-,12-,14+,21+,23+,24?/m111/s1. The average Bonchev–Trinajstić information content (AvgIpc) is 0.782. The summed E-state index contributed by atoms with van der Waals surface area (Å²) in [5.41, 5.74) is -5.68. The number of ether oxygens (including phenoxy) is 2. The lowest BCUT2D eigenvalue weighted by atomic mass is 9.89. The van der Waals surface area contributed by atoms with Gasteiger partial charge in [-0.3, -0.25) is 52.7 Å². The number of cyclic esters (lactones) is 2. The van der Waals surface area contributed by atoms with Gasteiger partial charge in [-0.05, 0) is 82.3 Å². The first kappa shape index (κ1) is 107. The van der Waals surface area contributed by atoms with E-state index in [2.05, 4.69) is 62.8 Å². The predicted octanol–water partition coefficient (Wildman–Crippen LogP) is 5.26. The molecule has 0 bridgehead atoms. The topological polar surface area (TPSA) is 495 Å². The molecule has 0 radical (unpaired) electrons. The number of carbonyl (C=O) groups excluding carboxylic acids is 12. The van der Waals surface area contributed by atoms with Gasteiger partial charge in [0.25, 0.3) is 23.6 Å². The first-order chi connectivity index (χ1) is 62.2. The van der Waals surface area contributed by atoms with Crippen molar-refractivity contribution in [1.82, 2.24) is 67.7 Å². The van der Waals surface area contributed by atoms with Gasteiger partial charge < -0.3 is 92.9 Å². The summed E-state index contributed by atoms with van der Waals surface area (Å²) >= 11 is 0. The summed E-state index contributed by atoms with van der Waals surface area (Å²) in [5, 5.41) is 84.5. The van der Waals surface area contributed by atoms with Crippen molar-refractivity contribution < 1.29 is 164 Å². The van der Waals surface area contributed by atoms with Gasteiger partial charge in [-0.15, -0.1) is 0 Å². The Labute approximate surface area is 747 Å². The first-order valence-electron chi connectivity index (χ1n) is 41.1. The largest absolute Gasteiger partial charge is 0.505 e. The Balaban J connectivity index is 0.000000272. The first-order valence-corrected chi connectivity index (χ1v) is 41.1. The van der Waals surface area contributed by atoms with Crippen LogP contribution in [0.1, 0.15) is 151 Å². The summed E-state index contributed by atoms with van der Waals surface area (Å²) in [5.74, 6) is -54.4. The number of esters is 2. The summed E-state index contributed by atoms with van der Waals surface area (Å²) in [6, 6.07) is -8.53. The summed E-state index contributed by atoms with van der Waals surface area (Å²) in [6.07, 6.45) is -7.99. The normalized spacial score (nSPS) is 25.5. The molecule has 0 aliphatic carbocycles. The van der Waals surface area contributed by atoms with Gasteiger partial charge in [-0.1, -0.05) is 68.2 Å². The Hall–Kier alpha value is -13.0. The minimum atomic E-state index is -2.43. The van der Waals surface area contributed by atoms with E-state index >= 15 is 0 Å². The van der Waals surface area contributed by atoms with Gasteiger partial charge in [0.05, 0.1) is 66.3 Å². The van der Waals surface area contributed by atoms with Crippen molar-refractivity contribution in [3.8, 4) is 17.2 Å². The van der Waals surface area contributed by atoms with Crippen LogP contribution in [0.2, 0.25) is 0 Å². The number of hydrogen-bond acceptors (Lipinski definition) is 23. The van der Waals surface area contributed by atoms with Crippen LogP contribution in [0.4, 0.5) is 65.9 Å². The molecule has 3 aliphatic heterocycles. The van der Waals surface area contributed by atoms with Crippen LogP contribution < -0.4 is 47.9 Å². The number of pyridine rings is 3. The van der Waals surface area contributed by atoms with Gasteiger partial charge in [-0.2, -0.15) is 0 Å². The number of halogens is 15. The zero-order chi connectivity index (χ0) is 100.0. The molecule has 6 aromatic rings. The van der Waals surface area contributed by atoms with Gasteiger partial charge in [0.2, 0.25) is 52.9 Å². The third kappa shape index (κ3) is 24.5. The average molecular weight is 1900 g/mol. The minimum absolute atomic E-state index is 0.332. The van der Waals surface area contributed by atoms with Gasteiger partial charge in [0.15, 0.2) is 93.0 Å². The zero-order valence-corrected chi connectivity index (χ0v) is 72.9. The third-order valence-electron chi connectivity index (χ3n) is 23.0. The maximum atomic E-state index is 14.7. The van der Waals surface area contributed by atoms with E-state index < -0.39 is 355 Å². The van der Waals surface area contributed by atoms with E-state index in [0.29, 0.717) is 19.3 Å². The predicted molar refractivity (Wildman–Crippen MR) is 430 cm³/mol. The van der Waals surface area contributed by atoms with Crippen LogP contribution in [0.25, 0.3) is 0 Å². The van der Waals surface area contributed by atoms with E-state index in [1.54, 1.807) is 41.5 Å². The Morgan fingerprint density at radius 3 is 1.04 bits per heavy atom. The van der Waals surface area contributed by atoms with Gasteiger partial charge in [-0.25, -0.2) is 85.6 Å². The van der Waals surface area contributed by atoms with E-state index in [4.69, 9.17) is 9.47 Å². The fourth-order valence-electron chi connectivity index (χ4n) is 14.2. The number of nitrogens with one attached hydrogen (secondary N) is 9. The smallest absolute Gasteiger partial charge is 0.329 e. The molecule has 15 N–H and O–H groups in total. The van der Waals surface area contributed by atoms with Crippen LogP contribution in [0.15, 0.2) is 55.0 Å². The molecule has 9 rings (SSSR count). The third-order valence-corrected chi connectivity index (χ3v) is 23.0. The Morgan fingerprint density at radius 1 is 0.391 bits per heavy atom. The molecule has 0 saturated carbocycles. The van der Waals surface area contributed by atoms with Crippen LogP contribution >= 0.6 is 0 Å². The highest BCUT2D eigenvalue weighted by atomic mass is 19.2. The molecule has 133 heavy (non-hydrogen) atoms. The van der Waals surface area contributed by atoms with Gasteiger partial charge in [0.1, 0.15) is 53.6 Å². The summed E-state index contributed by atoms with van der Waals surface area (Å²) in [7, 11) is 1.25. The molecule has 3 aromatic carbocycles. The van der Waals surface area contributed by atoms with Crippen LogP contribution in [-0.2, 0) is 71.9 Å². The lowest BCUT2D eigenvalue weighted by molar-refractivity contribution is -0.167. The van der Waals surface area contributed by atoms with E-state index in [-0.39, 0.29) is 0 Å². The number of amides is 10. The number of aromatic hydroxyl groups is 3. The molecular weight excluding hydrogens is 1810 g/mol. The Bertz CT molecular complexity index is 5090. The molecule has 6 heterocycles. The quantitative estimate of drug-likeness (QED) is 0.0226. The van der Waals surface area contributed by atoms with Crippen molar-refractivity contribution in [2.45, 2.75) is 213 Å². The van der Waals surface area contributed by atoms with E-state index in [9.17, 15) is 154 Å². The van der Waals surface area contributed by atoms with Crippen molar-refractivity contribution in [3.63, 3.8) is 0 Å². The molecule has 0 spiro atoms. The number of likely N-dealkylation sites (N-methyl/N-ethyl adjacent to an activating group) is 1. The second-order valence-electron chi connectivity index (χ2n) is 32.0. The lowest BCUT2D eigenvalue weighted by Crippen LogP contribution is -2.64. The molecule has 21 atom stereocenters. The number of aliphatic hydroxyl groups excluding tert-OH is 3. The van der Waals surface area contributed by atoms with Crippen molar-refractivity contribution >= 4 is 71.0 Å². The lowest BCUT2D eigenvalue weighted by Gasteiger charge is -2.38. The monoisotopic (exact) mass is 1900 g/mol. The number of aromatic nitrogens is 3. The Kier molecular flexibility index (Phi) is 36.9. The Morgan fingerprint density at radius 2 is 0.699 bits per heavy atom. The number of carbonyl (C=O) groups is 12. The second kappa shape index (κ2) is 45.9. The second-order valence-corrected chi connectivity index (χ2v) is 32.0. The fraction of sp³-hybridized carbons (Fsp3) is 0.471. The zero-order valence-electron chi connectivity index (χ0n) is 72.9. The van der Waals surface area contributed by atoms with Gasteiger partial charge >= 0.3 is 11.9 Å². The molecule has 3 aromatic heterocycles. The molecule has 3 saturated heterocycles. The highest BCUT2D eigenvalue weighted by Gasteiger charge is 2.48. The van der Waals surface area contributed by atoms with Crippen molar-refractivity contribution in [2.75, 3.05) is 7.05 Å². The van der Waals surface area contributed by atoms with Gasteiger partial charge in [0, 0.05) is 67.5 Å². The molecular formula is C85H96F15N13O20. The summed E-state index contributed by atoms with van der Waals surface area (Å²) in [6.45, 7) is 17.3. The maximum absolute atomic E-state index is 14.7. The molecule has 6 unspecified atom stereocenters. The number of nitrogens with zero attached hydrogens (tertiary/aromatic N) is 4.